The van der Waals surface area contributed by atoms with Gasteiger partial charge in [0.25, 0.3) is 5.91 Å². The molecule has 0 aliphatic rings. The number of carbonyl (C=O) groups is 1. The average molecular weight is 393 g/mol. The number of fused-ring (bicyclic) bond motifs is 1. The molecule has 0 unspecified atom stereocenters. The third-order valence-corrected chi connectivity index (χ3v) is 4.92. The molecular weight excluding hydrogens is 366 g/mol. The van der Waals surface area contributed by atoms with Crippen LogP contribution in [0.3, 0.4) is 0 Å². The van der Waals surface area contributed by atoms with Crippen LogP contribution in [0.2, 0.25) is 0 Å². The lowest BCUT2D eigenvalue weighted by atomic mass is 10.0. The summed E-state index contributed by atoms with van der Waals surface area (Å²) in [5.41, 5.74) is 3.33. The summed E-state index contributed by atoms with van der Waals surface area (Å²) in [6.07, 6.45) is 2.34. The molecule has 29 heavy (non-hydrogen) atoms. The van der Waals surface area contributed by atoms with Gasteiger partial charge in [0, 0.05) is 17.7 Å². The highest BCUT2D eigenvalue weighted by atomic mass is 16.5. The molecule has 0 saturated carbocycles. The first-order valence-electron chi connectivity index (χ1n) is 9.65. The maximum absolute atomic E-state index is 13.0. The number of nitrogens with one attached hydrogen (secondary N) is 1. The fourth-order valence-electron chi connectivity index (χ4n) is 3.58. The predicted octanol–water partition coefficient (Wildman–Crippen LogP) is 4.29. The number of benzene rings is 2. The maximum Gasteiger partial charge on any atom is 0.252 e. The van der Waals surface area contributed by atoms with Gasteiger partial charge in [0.15, 0.2) is 11.5 Å². The molecule has 6 heteroatoms. The van der Waals surface area contributed by atoms with Crippen LogP contribution in [0.15, 0.2) is 49.1 Å². The largest absolute Gasteiger partial charge is 0.493 e. The van der Waals surface area contributed by atoms with Crippen LogP contribution in [0.1, 0.15) is 41.6 Å². The summed E-state index contributed by atoms with van der Waals surface area (Å²) in [5, 5.41) is 3.06. The fraction of sp³-hybridized carbons (Fsp3) is 0.304. The SMILES string of the molecule is C=CCc1cc(C(=O)N[C@@H](C)c2nc3ccccc3n2CC)cc(OC)c1OC. The van der Waals surface area contributed by atoms with E-state index in [1.807, 2.05) is 37.3 Å². The first-order valence-corrected chi connectivity index (χ1v) is 9.65. The van der Waals surface area contributed by atoms with E-state index in [0.717, 1.165) is 29.0 Å². The molecule has 0 aliphatic heterocycles. The summed E-state index contributed by atoms with van der Waals surface area (Å²) in [4.78, 5) is 17.7. The van der Waals surface area contributed by atoms with Crippen LogP contribution in [0.5, 0.6) is 11.5 Å². The van der Waals surface area contributed by atoms with Crippen LogP contribution in [0, 0.1) is 0 Å². The van der Waals surface area contributed by atoms with Crippen molar-refractivity contribution in [3.63, 3.8) is 0 Å². The summed E-state index contributed by atoms with van der Waals surface area (Å²) < 4.78 is 13.0. The van der Waals surface area contributed by atoms with Crippen LogP contribution in [0.4, 0.5) is 0 Å². The number of methoxy groups -OCH3 is 2. The number of allylic oxidation sites excluding steroid dienone is 1. The Balaban J connectivity index is 1.92. The van der Waals surface area contributed by atoms with Crippen LogP contribution >= 0.6 is 0 Å². The minimum Gasteiger partial charge on any atom is -0.493 e. The van der Waals surface area contributed by atoms with Gasteiger partial charge in [0.05, 0.1) is 31.3 Å². The quantitative estimate of drug-likeness (QED) is 0.580. The molecule has 2 aromatic carbocycles. The van der Waals surface area contributed by atoms with Gasteiger partial charge < -0.3 is 19.4 Å². The van der Waals surface area contributed by atoms with Crippen molar-refractivity contribution in [3.8, 4) is 11.5 Å². The van der Waals surface area contributed by atoms with Crippen molar-refractivity contribution in [1.82, 2.24) is 14.9 Å². The van der Waals surface area contributed by atoms with Gasteiger partial charge in [-0.3, -0.25) is 4.79 Å². The first kappa shape index (κ1) is 20.5. The number of para-hydroxylation sites is 2. The molecule has 0 saturated heterocycles. The number of aromatic nitrogens is 2. The number of hydrogen-bond donors (Lipinski definition) is 1. The van der Waals surface area contributed by atoms with Gasteiger partial charge in [-0.15, -0.1) is 6.58 Å². The maximum atomic E-state index is 13.0. The van der Waals surface area contributed by atoms with Crippen molar-refractivity contribution in [2.75, 3.05) is 14.2 Å². The summed E-state index contributed by atoms with van der Waals surface area (Å²) in [7, 11) is 3.14. The van der Waals surface area contributed by atoms with Gasteiger partial charge in [0.2, 0.25) is 0 Å². The fourth-order valence-corrected chi connectivity index (χ4v) is 3.58. The van der Waals surface area contributed by atoms with Crippen molar-refractivity contribution in [3.05, 3.63) is 66.0 Å². The van der Waals surface area contributed by atoms with E-state index in [9.17, 15) is 4.79 Å². The highest BCUT2D eigenvalue weighted by Gasteiger charge is 2.20. The molecule has 0 fully saturated rings. The Morgan fingerprint density at radius 3 is 2.69 bits per heavy atom. The van der Waals surface area contributed by atoms with E-state index >= 15 is 0 Å². The van der Waals surface area contributed by atoms with Crippen molar-refractivity contribution < 1.29 is 14.3 Å². The third-order valence-electron chi connectivity index (χ3n) is 4.92. The number of amides is 1. The van der Waals surface area contributed by atoms with Gasteiger partial charge in [-0.2, -0.15) is 0 Å². The van der Waals surface area contributed by atoms with Crippen molar-refractivity contribution in [1.29, 1.82) is 0 Å². The molecule has 6 nitrogen and oxygen atoms in total. The van der Waals surface area contributed by atoms with Crippen LogP contribution in [0.25, 0.3) is 11.0 Å². The van der Waals surface area contributed by atoms with Crippen LogP contribution in [-0.4, -0.2) is 29.7 Å². The molecular formula is C23H27N3O3. The number of imidazole rings is 1. The van der Waals surface area contributed by atoms with E-state index in [1.54, 1.807) is 26.4 Å². The number of nitrogens with zero attached hydrogens (tertiary/aromatic N) is 2. The Morgan fingerprint density at radius 2 is 2.03 bits per heavy atom. The second-order valence-corrected chi connectivity index (χ2v) is 6.76. The number of aryl methyl sites for hydroxylation is 1. The molecule has 0 bridgehead atoms. The topological polar surface area (TPSA) is 65.4 Å². The zero-order valence-corrected chi connectivity index (χ0v) is 17.4. The van der Waals surface area contributed by atoms with Gasteiger partial charge in [0.1, 0.15) is 5.82 Å². The number of carbonyl (C=O) groups excluding carboxylic acids is 1. The zero-order valence-electron chi connectivity index (χ0n) is 17.4. The Kier molecular flexibility index (Phi) is 6.22. The normalized spacial score (nSPS) is 11.9. The average Bonchev–Trinajstić information content (AvgIpc) is 3.12. The summed E-state index contributed by atoms with van der Waals surface area (Å²) in [5.74, 6) is 1.77. The van der Waals surface area contributed by atoms with Crippen LogP contribution < -0.4 is 14.8 Å². The van der Waals surface area contributed by atoms with E-state index in [1.165, 1.54) is 0 Å². The smallest absolute Gasteiger partial charge is 0.252 e. The van der Waals surface area contributed by atoms with Crippen molar-refractivity contribution in [2.45, 2.75) is 32.9 Å². The summed E-state index contributed by atoms with van der Waals surface area (Å²) in [6.45, 7) is 8.57. The predicted molar refractivity (Wildman–Crippen MR) is 115 cm³/mol. The highest BCUT2D eigenvalue weighted by Crippen LogP contribution is 2.33. The first-order chi connectivity index (χ1) is 14.0. The van der Waals surface area contributed by atoms with Gasteiger partial charge >= 0.3 is 0 Å². The zero-order chi connectivity index (χ0) is 21.0. The standard InChI is InChI=1S/C23H27N3O3/c1-6-10-16-13-17(14-20(28-4)21(16)29-5)23(27)24-15(3)22-25-18-11-8-9-12-19(18)26(22)7-2/h6,8-9,11-15H,1,7,10H2,2-5H3,(H,24,27)/t15-/m0/s1. The van der Waals surface area contributed by atoms with Gasteiger partial charge in [-0.05, 0) is 44.5 Å². The van der Waals surface area contributed by atoms with E-state index in [2.05, 4.69) is 23.4 Å². The van der Waals surface area contributed by atoms with Gasteiger partial charge in [-0.1, -0.05) is 18.2 Å². The molecule has 152 valence electrons. The lowest BCUT2D eigenvalue weighted by molar-refractivity contribution is 0.0937. The van der Waals surface area contributed by atoms with E-state index < -0.39 is 0 Å². The van der Waals surface area contributed by atoms with E-state index in [-0.39, 0.29) is 11.9 Å². The minimum absolute atomic E-state index is 0.196. The highest BCUT2D eigenvalue weighted by molar-refractivity contribution is 5.95. The molecule has 1 amide bonds. The summed E-state index contributed by atoms with van der Waals surface area (Å²) >= 11 is 0. The lowest BCUT2D eigenvalue weighted by Gasteiger charge is -2.17. The lowest BCUT2D eigenvalue weighted by Crippen LogP contribution is -2.28. The third kappa shape index (κ3) is 3.97. The van der Waals surface area contributed by atoms with Crippen LogP contribution in [-0.2, 0) is 13.0 Å². The minimum atomic E-state index is -0.259. The number of rotatable bonds is 8. The Morgan fingerprint density at radius 1 is 1.28 bits per heavy atom. The monoisotopic (exact) mass is 393 g/mol. The molecule has 1 heterocycles. The van der Waals surface area contributed by atoms with E-state index in [4.69, 9.17) is 14.5 Å². The molecule has 1 N–H and O–H groups in total. The van der Waals surface area contributed by atoms with Crippen molar-refractivity contribution >= 4 is 16.9 Å². The Hall–Kier alpha value is -3.28. The molecule has 3 rings (SSSR count). The molecule has 0 radical (unpaired) electrons. The second kappa shape index (κ2) is 8.82. The van der Waals surface area contributed by atoms with Gasteiger partial charge in [-0.25, -0.2) is 4.98 Å². The Labute approximate surface area is 171 Å². The van der Waals surface area contributed by atoms with E-state index in [0.29, 0.717) is 23.5 Å². The Bertz CT molecular complexity index is 1040. The molecule has 0 aliphatic carbocycles. The van der Waals surface area contributed by atoms with Crippen molar-refractivity contribution in [2.24, 2.45) is 0 Å². The molecule has 3 aromatic rings. The molecule has 0 spiro atoms. The second-order valence-electron chi connectivity index (χ2n) is 6.76. The number of hydrogen-bond acceptors (Lipinski definition) is 4. The summed E-state index contributed by atoms with van der Waals surface area (Å²) in [6, 6.07) is 11.2. The molecule has 1 aromatic heterocycles. The molecule has 1 atom stereocenters. The number of ether oxygens (including phenoxy) is 2.